The molecule has 0 radical (unpaired) electrons. The van der Waals surface area contributed by atoms with Crippen LogP contribution >= 0.6 is 0 Å². The number of carbonyl (C=O) groups excluding carboxylic acids is 3. The summed E-state index contributed by atoms with van der Waals surface area (Å²) in [7, 11) is 1.27. The second-order valence-corrected chi connectivity index (χ2v) is 5.82. The van der Waals surface area contributed by atoms with Crippen LogP contribution in [0, 0.1) is 10.1 Å². The highest BCUT2D eigenvalue weighted by Crippen LogP contribution is 2.28. The van der Waals surface area contributed by atoms with Crippen LogP contribution in [0.2, 0.25) is 0 Å². The zero-order valence-corrected chi connectivity index (χ0v) is 15.4. The van der Waals surface area contributed by atoms with Gasteiger partial charge in [-0.2, -0.15) is 0 Å². The van der Waals surface area contributed by atoms with E-state index in [0.717, 1.165) is 6.07 Å². The lowest BCUT2D eigenvalue weighted by atomic mass is 10.1. The molecule has 2 aromatic rings. The number of anilines is 1. The van der Waals surface area contributed by atoms with E-state index < -0.39 is 28.6 Å². The van der Waals surface area contributed by atoms with E-state index in [1.54, 1.807) is 18.2 Å². The SMILES string of the molecule is COc1ccc(C(=O)O[C@H](C)C(=O)Nc2cccc(C(C)=O)c2)cc1[N+](=O)[O-]. The normalized spacial score (nSPS) is 11.2. The predicted octanol–water partition coefficient (Wildman–Crippen LogP) is 2.99. The molecule has 0 saturated carbocycles. The number of Topliss-reactive ketones (excluding diaryl/α,β-unsaturated/α-hetero) is 1. The first kappa shape index (κ1) is 20.6. The molecule has 0 unspecified atom stereocenters. The highest BCUT2D eigenvalue weighted by molar-refractivity contribution is 5.99. The van der Waals surface area contributed by atoms with Gasteiger partial charge in [0.2, 0.25) is 0 Å². The topological polar surface area (TPSA) is 125 Å². The standard InChI is InChI=1S/C19H18N2O7/c1-11(22)13-5-4-6-15(9-13)20-18(23)12(2)28-19(24)14-7-8-17(27-3)16(10-14)21(25)26/h4-10,12H,1-3H3,(H,20,23)/t12-/m1/s1. The van der Waals surface area contributed by atoms with Gasteiger partial charge in [-0.1, -0.05) is 12.1 Å². The third-order valence-corrected chi connectivity index (χ3v) is 3.80. The molecule has 146 valence electrons. The van der Waals surface area contributed by atoms with E-state index in [4.69, 9.17) is 9.47 Å². The molecule has 0 saturated heterocycles. The van der Waals surface area contributed by atoms with Crippen molar-refractivity contribution in [1.82, 2.24) is 0 Å². The molecule has 0 aliphatic carbocycles. The molecule has 1 amide bonds. The van der Waals surface area contributed by atoms with Gasteiger partial charge >= 0.3 is 11.7 Å². The number of amides is 1. The summed E-state index contributed by atoms with van der Waals surface area (Å²) in [6.07, 6.45) is -1.17. The maximum Gasteiger partial charge on any atom is 0.339 e. The fraction of sp³-hybridized carbons (Fsp3) is 0.211. The molecule has 9 heteroatoms. The lowest BCUT2D eigenvalue weighted by Gasteiger charge is -2.14. The van der Waals surface area contributed by atoms with Gasteiger partial charge in [-0.15, -0.1) is 0 Å². The molecule has 9 nitrogen and oxygen atoms in total. The van der Waals surface area contributed by atoms with Crippen molar-refractivity contribution >= 4 is 29.0 Å². The zero-order valence-electron chi connectivity index (χ0n) is 15.4. The van der Waals surface area contributed by atoms with Crippen LogP contribution < -0.4 is 10.1 Å². The average Bonchev–Trinajstić information content (AvgIpc) is 2.67. The number of hydrogen-bond acceptors (Lipinski definition) is 7. The first-order valence-corrected chi connectivity index (χ1v) is 8.18. The second kappa shape index (κ2) is 8.76. The van der Waals surface area contributed by atoms with Crippen LogP contribution in [0.3, 0.4) is 0 Å². The Balaban J connectivity index is 2.08. The molecule has 2 rings (SSSR count). The van der Waals surface area contributed by atoms with Gasteiger partial charge in [-0.05, 0) is 38.1 Å². The Morgan fingerprint density at radius 2 is 1.82 bits per heavy atom. The predicted molar refractivity (Wildman–Crippen MR) is 99.6 cm³/mol. The van der Waals surface area contributed by atoms with Gasteiger partial charge in [0.15, 0.2) is 17.6 Å². The number of rotatable bonds is 7. The molecule has 28 heavy (non-hydrogen) atoms. The maximum atomic E-state index is 12.2. The summed E-state index contributed by atoms with van der Waals surface area (Å²) in [6.45, 7) is 2.76. The first-order chi connectivity index (χ1) is 13.2. The van der Waals surface area contributed by atoms with Crippen molar-refractivity contribution in [3.05, 3.63) is 63.7 Å². The summed E-state index contributed by atoms with van der Waals surface area (Å²) in [5.41, 5.74) is 0.314. The van der Waals surface area contributed by atoms with E-state index in [0.29, 0.717) is 11.3 Å². The van der Waals surface area contributed by atoms with Crippen LogP contribution in [0.15, 0.2) is 42.5 Å². The minimum absolute atomic E-state index is 0.00213. The molecule has 1 N–H and O–H groups in total. The third-order valence-electron chi connectivity index (χ3n) is 3.80. The molecule has 0 aliphatic heterocycles. The van der Waals surface area contributed by atoms with Crippen LogP contribution in [0.25, 0.3) is 0 Å². The third kappa shape index (κ3) is 4.91. The van der Waals surface area contributed by atoms with Gasteiger partial charge in [-0.3, -0.25) is 19.7 Å². The summed E-state index contributed by atoms with van der Waals surface area (Å²) in [5, 5.41) is 13.6. The number of nitrogens with zero attached hydrogens (tertiary/aromatic N) is 1. The molecule has 1 atom stereocenters. The lowest BCUT2D eigenvalue weighted by molar-refractivity contribution is -0.385. The largest absolute Gasteiger partial charge is 0.490 e. The Labute approximate surface area is 160 Å². The molecule has 2 aromatic carbocycles. The Morgan fingerprint density at radius 1 is 1.11 bits per heavy atom. The molecule has 0 aromatic heterocycles. The van der Waals surface area contributed by atoms with E-state index in [1.165, 1.54) is 39.2 Å². The van der Waals surface area contributed by atoms with Crippen molar-refractivity contribution in [3.63, 3.8) is 0 Å². The number of ether oxygens (including phenoxy) is 2. The van der Waals surface area contributed by atoms with Crippen molar-refractivity contribution in [2.24, 2.45) is 0 Å². The first-order valence-electron chi connectivity index (χ1n) is 8.18. The fourth-order valence-corrected chi connectivity index (χ4v) is 2.30. The number of nitro benzene ring substituents is 1. The van der Waals surface area contributed by atoms with Crippen LogP contribution in [0.1, 0.15) is 34.6 Å². The highest BCUT2D eigenvalue weighted by Gasteiger charge is 2.23. The Kier molecular flexibility index (Phi) is 6.43. The van der Waals surface area contributed by atoms with E-state index in [1.807, 2.05) is 0 Å². The van der Waals surface area contributed by atoms with E-state index in [2.05, 4.69) is 5.32 Å². The number of benzene rings is 2. The number of methoxy groups -OCH3 is 1. The molecule has 0 fully saturated rings. The monoisotopic (exact) mass is 386 g/mol. The van der Waals surface area contributed by atoms with Crippen molar-refractivity contribution in [2.45, 2.75) is 20.0 Å². The Hall–Kier alpha value is -3.75. The quantitative estimate of drug-likeness (QED) is 0.336. The summed E-state index contributed by atoms with van der Waals surface area (Å²) in [4.78, 5) is 46.2. The summed E-state index contributed by atoms with van der Waals surface area (Å²) in [6, 6.07) is 9.90. The minimum Gasteiger partial charge on any atom is -0.490 e. The minimum atomic E-state index is -1.17. The zero-order chi connectivity index (χ0) is 20.8. The van der Waals surface area contributed by atoms with Crippen molar-refractivity contribution in [2.75, 3.05) is 12.4 Å². The van der Waals surface area contributed by atoms with E-state index in [-0.39, 0.29) is 17.1 Å². The van der Waals surface area contributed by atoms with E-state index in [9.17, 15) is 24.5 Å². The number of nitrogens with one attached hydrogen (secondary N) is 1. The van der Waals surface area contributed by atoms with Crippen LogP contribution in [0.4, 0.5) is 11.4 Å². The lowest BCUT2D eigenvalue weighted by Crippen LogP contribution is -2.30. The second-order valence-electron chi connectivity index (χ2n) is 5.82. The molecular formula is C19H18N2O7. The van der Waals surface area contributed by atoms with Crippen LogP contribution in [-0.4, -0.2) is 35.8 Å². The summed E-state index contributed by atoms with van der Waals surface area (Å²) in [5.74, 6) is -1.67. The number of hydrogen-bond donors (Lipinski definition) is 1. The smallest absolute Gasteiger partial charge is 0.339 e. The number of carbonyl (C=O) groups is 3. The van der Waals surface area contributed by atoms with E-state index >= 15 is 0 Å². The molecule has 0 heterocycles. The van der Waals surface area contributed by atoms with Gasteiger partial charge < -0.3 is 14.8 Å². The van der Waals surface area contributed by atoms with Gasteiger partial charge in [0, 0.05) is 17.3 Å². The fourth-order valence-electron chi connectivity index (χ4n) is 2.30. The van der Waals surface area contributed by atoms with Gasteiger partial charge in [0.05, 0.1) is 17.6 Å². The molecule has 0 bridgehead atoms. The van der Waals surface area contributed by atoms with Gasteiger partial charge in [-0.25, -0.2) is 4.79 Å². The Bertz CT molecular complexity index is 940. The molecule has 0 spiro atoms. The highest BCUT2D eigenvalue weighted by atomic mass is 16.6. The van der Waals surface area contributed by atoms with Gasteiger partial charge in [0.25, 0.3) is 5.91 Å². The van der Waals surface area contributed by atoms with Crippen LogP contribution in [0.5, 0.6) is 5.75 Å². The Morgan fingerprint density at radius 3 is 2.43 bits per heavy atom. The number of esters is 1. The van der Waals surface area contributed by atoms with Crippen molar-refractivity contribution in [3.8, 4) is 5.75 Å². The molecular weight excluding hydrogens is 368 g/mol. The van der Waals surface area contributed by atoms with Gasteiger partial charge in [0.1, 0.15) is 0 Å². The number of nitro groups is 1. The van der Waals surface area contributed by atoms with Crippen LogP contribution in [-0.2, 0) is 9.53 Å². The average molecular weight is 386 g/mol. The summed E-state index contributed by atoms with van der Waals surface area (Å²) >= 11 is 0. The number of ketones is 1. The maximum absolute atomic E-state index is 12.2. The summed E-state index contributed by atoms with van der Waals surface area (Å²) < 4.78 is 9.95. The molecule has 0 aliphatic rings. The van der Waals surface area contributed by atoms with Crippen molar-refractivity contribution < 1.29 is 28.8 Å². The van der Waals surface area contributed by atoms with Crippen molar-refractivity contribution in [1.29, 1.82) is 0 Å².